The van der Waals surface area contributed by atoms with E-state index in [0.717, 1.165) is 33.6 Å². The predicted octanol–water partition coefficient (Wildman–Crippen LogP) is 4.89. The Bertz CT molecular complexity index is 1150. The van der Waals surface area contributed by atoms with Gasteiger partial charge in [-0.2, -0.15) is 5.10 Å². The van der Waals surface area contributed by atoms with Crippen LogP contribution >= 0.6 is 0 Å². The Labute approximate surface area is 169 Å². The predicted molar refractivity (Wildman–Crippen MR) is 116 cm³/mol. The molecule has 0 aliphatic carbocycles. The molecule has 142 valence electrons. The molecule has 0 radical (unpaired) electrons. The Morgan fingerprint density at radius 2 is 1.79 bits per heavy atom. The van der Waals surface area contributed by atoms with Crippen LogP contribution < -0.4 is 5.32 Å². The van der Waals surface area contributed by atoms with Crippen LogP contribution in [0, 0.1) is 6.92 Å². The lowest BCUT2D eigenvalue weighted by molar-refractivity contribution is -0.111. The van der Waals surface area contributed by atoms with Crippen molar-refractivity contribution in [2.75, 3.05) is 5.32 Å². The van der Waals surface area contributed by atoms with Crippen molar-refractivity contribution in [2.45, 2.75) is 6.92 Å². The zero-order valence-corrected chi connectivity index (χ0v) is 16.0. The molecule has 0 saturated carbocycles. The number of pyridine rings is 1. The van der Waals surface area contributed by atoms with Crippen molar-refractivity contribution in [3.05, 3.63) is 103 Å². The highest BCUT2D eigenvalue weighted by atomic mass is 16.1. The molecule has 0 atom stereocenters. The minimum Gasteiger partial charge on any atom is -0.322 e. The van der Waals surface area contributed by atoms with E-state index in [0.29, 0.717) is 0 Å². The van der Waals surface area contributed by atoms with E-state index >= 15 is 0 Å². The molecule has 1 amide bonds. The number of nitrogens with one attached hydrogen (secondary N) is 1. The standard InChI is InChI=1S/C24H20N4O/c1-18-7-9-21(20-11-13-25-14-12-20)15-23(18)27-24(29)10-8-19-16-26-28(17-19)22-5-3-2-4-6-22/h2-17H,1H3,(H,27,29). The lowest BCUT2D eigenvalue weighted by Gasteiger charge is -2.09. The van der Waals surface area contributed by atoms with Crippen LogP contribution in [-0.4, -0.2) is 20.7 Å². The van der Waals surface area contributed by atoms with Gasteiger partial charge in [0.15, 0.2) is 0 Å². The molecule has 5 nitrogen and oxygen atoms in total. The molecule has 0 fully saturated rings. The number of aromatic nitrogens is 3. The van der Waals surface area contributed by atoms with Crippen molar-refractivity contribution in [3.8, 4) is 16.8 Å². The van der Waals surface area contributed by atoms with E-state index in [1.807, 2.05) is 73.8 Å². The van der Waals surface area contributed by atoms with Crippen LogP contribution in [0.2, 0.25) is 0 Å². The molecule has 0 spiro atoms. The number of amides is 1. The number of anilines is 1. The molecule has 0 aliphatic heterocycles. The van der Waals surface area contributed by atoms with Gasteiger partial charge in [0.25, 0.3) is 0 Å². The van der Waals surface area contributed by atoms with Gasteiger partial charge in [0.05, 0.1) is 11.9 Å². The highest BCUT2D eigenvalue weighted by Gasteiger charge is 2.05. The summed E-state index contributed by atoms with van der Waals surface area (Å²) in [5.41, 5.74) is 5.70. The molecule has 0 saturated heterocycles. The zero-order valence-electron chi connectivity index (χ0n) is 16.0. The van der Waals surface area contributed by atoms with E-state index in [2.05, 4.69) is 15.4 Å². The van der Waals surface area contributed by atoms with Crippen molar-refractivity contribution in [1.29, 1.82) is 0 Å². The van der Waals surface area contributed by atoms with Gasteiger partial charge in [0, 0.05) is 35.9 Å². The average Bonchev–Trinajstić information content (AvgIpc) is 3.24. The third-order valence-corrected chi connectivity index (χ3v) is 4.56. The van der Waals surface area contributed by atoms with Crippen LogP contribution in [0.4, 0.5) is 5.69 Å². The quantitative estimate of drug-likeness (QED) is 0.501. The minimum atomic E-state index is -0.188. The number of aryl methyl sites for hydroxylation is 1. The third-order valence-electron chi connectivity index (χ3n) is 4.56. The molecule has 0 bridgehead atoms. The number of rotatable bonds is 5. The number of carbonyl (C=O) groups is 1. The van der Waals surface area contributed by atoms with Crippen molar-refractivity contribution in [2.24, 2.45) is 0 Å². The van der Waals surface area contributed by atoms with Crippen molar-refractivity contribution >= 4 is 17.7 Å². The average molecular weight is 380 g/mol. The van der Waals surface area contributed by atoms with E-state index in [1.54, 1.807) is 29.3 Å². The fourth-order valence-electron chi connectivity index (χ4n) is 2.97. The SMILES string of the molecule is Cc1ccc(-c2ccncc2)cc1NC(=O)C=Cc1cnn(-c2ccccc2)c1. The second kappa shape index (κ2) is 8.35. The van der Waals surface area contributed by atoms with Gasteiger partial charge >= 0.3 is 0 Å². The molecule has 29 heavy (non-hydrogen) atoms. The van der Waals surface area contributed by atoms with Gasteiger partial charge in [0.1, 0.15) is 0 Å². The fraction of sp³-hybridized carbons (Fsp3) is 0.0417. The van der Waals surface area contributed by atoms with Crippen molar-refractivity contribution in [1.82, 2.24) is 14.8 Å². The maximum absolute atomic E-state index is 12.4. The normalized spacial score (nSPS) is 10.9. The number of hydrogen-bond acceptors (Lipinski definition) is 3. The van der Waals surface area contributed by atoms with Crippen LogP contribution in [0.25, 0.3) is 22.9 Å². The van der Waals surface area contributed by atoms with Gasteiger partial charge in [-0.05, 0) is 60.0 Å². The topological polar surface area (TPSA) is 59.8 Å². The van der Waals surface area contributed by atoms with Gasteiger partial charge in [-0.25, -0.2) is 4.68 Å². The van der Waals surface area contributed by atoms with E-state index in [9.17, 15) is 4.79 Å². The number of carbonyl (C=O) groups excluding carboxylic acids is 1. The zero-order chi connectivity index (χ0) is 20.1. The van der Waals surface area contributed by atoms with E-state index < -0.39 is 0 Å². The molecule has 0 unspecified atom stereocenters. The molecule has 5 heteroatoms. The van der Waals surface area contributed by atoms with Crippen LogP contribution in [-0.2, 0) is 4.79 Å². The van der Waals surface area contributed by atoms with Gasteiger partial charge in [-0.15, -0.1) is 0 Å². The molecule has 4 aromatic rings. The van der Waals surface area contributed by atoms with Crippen molar-refractivity contribution < 1.29 is 4.79 Å². The van der Waals surface area contributed by atoms with Crippen LogP contribution in [0.1, 0.15) is 11.1 Å². The maximum atomic E-state index is 12.4. The Morgan fingerprint density at radius 3 is 2.59 bits per heavy atom. The number of para-hydroxylation sites is 1. The summed E-state index contributed by atoms with van der Waals surface area (Å²) in [7, 11) is 0. The summed E-state index contributed by atoms with van der Waals surface area (Å²) in [6, 6.07) is 19.7. The first-order chi connectivity index (χ1) is 14.2. The highest BCUT2D eigenvalue weighted by molar-refractivity contribution is 6.02. The van der Waals surface area contributed by atoms with Crippen LogP contribution in [0.15, 0.2) is 91.5 Å². The lowest BCUT2D eigenvalue weighted by Crippen LogP contribution is -2.09. The van der Waals surface area contributed by atoms with Crippen molar-refractivity contribution in [3.63, 3.8) is 0 Å². The monoisotopic (exact) mass is 380 g/mol. The maximum Gasteiger partial charge on any atom is 0.248 e. The summed E-state index contributed by atoms with van der Waals surface area (Å²) in [6.07, 6.45) is 10.4. The lowest BCUT2D eigenvalue weighted by atomic mass is 10.0. The highest BCUT2D eigenvalue weighted by Crippen LogP contribution is 2.25. The van der Waals surface area contributed by atoms with Gasteiger partial charge in [0.2, 0.25) is 5.91 Å². The Kier molecular flexibility index (Phi) is 5.29. The van der Waals surface area contributed by atoms with E-state index in [1.165, 1.54) is 6.08 Å². The third kappa shape index (κ3) is 4.47. The fourth-order valence-corrected chi connectivity index (χ4v) is 2.97. The number of hydrogen-bond donors (Lipinski definition) is 1. The molecule has 4 rings (SSSR count). The number of benzene rings is 2. The Hall–Kier alpha value is -3.99. The van der Waals surface area contributed by atoms with Gasteiger partial charge in [-0.3, -0.25) is 9.78 Å². The first-order valence-corrected chi connectivity index (χ1v) is 9.29. The summed E-state index contributed by atoms with van der Waals surface area (Å²) in [5.74, 6) is -0.188. The smallest absolute Gasteiger partial charge is 0.248 e. The Balaban J connectivity index is 1.47. The molecular weight excluding hydrogens is 360 g/mol. The summed E-state index contributed by atoms with van der Waals surface area (Å²) in [5, 5.41) is 7.30. The molecule has 2 heterocycles. The second-order valence-electron chi connectivity index (χ2n) is 6.64. The first kappa shape index (κ1) is 18.4. The first-order valence-electron chi connectivity index (χ1n) is 9.29. The van der Waals surface area contributed by atoms with Gasteiger partial charge in [-0.1, -0.05) is 30.3 Å². The molecule has 2 aromatic carbocycles. The van der Waals surface area contributed by atoms with Crippen LogP contribution in [0.3, 0.4) is 0 Å². The van der Waals surface area contributed by atoms with E-state index in [-0.39, 0.29) is 5.91 Å². The van der Waals surface area contributed by atoms with Gasteiger partial charge < -0.3 is 5.32 Å². The minimum absolute atomic E-state index is 0.188. The summed E-state index contributed by atoms with van der Waals surface area (Å²) in [4.78, 5) is 16.5. The molecular formula is C24H20N4O. The van der Waals surface area contributed by atoms with Crippen LogP contribution in [0.5, 0.6) is 0 Å². The largest absolute Gasteiger partial charge is 0.322 e. The summed E-state index contributed by atoms with van der Waals surface area (Å²) < 4.78 is 1.78. The molecule has 2 aromatic heterocycles. The number of nitrogens with zero attached hydrogens (tertiary/aromatic N) is 3. The summed E-state index contributed by atoms with van der Waals surface area (Å²) in [6.45, 7) is 1.97. The molecule has 0 aliphatic rings. The Morgan fingerprint density at radius 1 is 1.00 bits per heavy atom. The second-order valence-corrected chi connectivity index (χ2v) is 6.64. The summed E-state index contributed by atoms with van der Waals surface area (Å²) >= 11 is 0. The molecule has 1 N–H and O–H groups in total. The van der Waals surface area contributed by atoms with E-state index in [4.69, 9.17) is 0 Å².